The minimum atomic E-state index is -0.514. The first-order chi connectivity index (χ1) is 12.5. The lowest BCUT2D eigenvalue weighted by Crippen LogP contribution is -2.27. The van der Waals surface area contributed by atoms with E-state index in [0.717, 1.165) is 0 Å². The van der Waals surface area contributed by atoms with Gasteiger partial charge in [-0.3, -0.25) is 9.48 Å². The third-order valence-corrected chi connectivity index (χ3v) is 3.72. The second kappa shape index (κ2) is 7.75. The maximum atomic E-state index is 12.4. The van der Waals surface area contributed by atoms with Crippen LogP contribution in [0.15, 0.2) is 53.3 Å². The highest BCUT2D eigenvalue weighted by Gasteiger charge is 2.19. The number of nitrogens with zero attached hydrogens (tertiary/aromatic N) is 2. The average Bonchev–Trinajstić information content (AvgIpc) is 3.23. The molecule has 2 heterocycles. The minimum absolute atomic E-state index is 0.220. The van der Waals surface area contributed by atoms with Gasteiger partial charge in [0.25, 0.3) is 5.91 Å². The van der Waals surface area contributed by atoms with Gasteiger partial charge in [0.15, 0.2) is 0 Å². The summed E-state index contributed by atoms with van der Waals surface area (Å²) in [6, 6.07) is 9.70. The SMILES string of the molecule is Cn1ncc(NC(=O)Nc2cccc(Cl)c2)c1C(=O)NCc1ccco1. The van der Waals surface area contributed by atoms with Crippen molar-refractivity contribution in [3.63, 3.8) is 0 Å². The minimum Gasteiger partial charge on any atom is -0.467 e. The molecule has 8 nitrogen and oxygen atoms in total. The molecular formula is C17H16ClN5O3. The van der Waals surface area contributed by atoms with E-state index in [9.17, 15) is 9.59 Å². The van der Waals surface area contributed by atoms with Crippen molar-refractivity contribution in [3.8, 4) is 0 Å². The summed E-state index contributed by atoms with van der Waals surface area (Å²) in [6.07, 6.45) is 2.93. The van der Waals surface area contributed by atoms with Gasteiger partial charge >= 0.3 is 6.03 Å². The van der Waals surface area contributed by atoms with E-state index in [-0.39, 0.29) is 23.8 Å². The van der Waals surface area contributed by atoms with E-state index in [1.807, 2.05) is 0 Å². The van der Waals surface area contributed by atoms with Gasteiger partial charge < -0.3 is 20.4 Å². The van der Waals surface area contributed by atoms with Crippen molar-refractivity contribution >= 4 is 34.9 Å². The zero-order chi connectivity index (χ0) is 18.5. The second-order valence-electron chi connectivity index (χ2n) is 5.38. The predicted octanol–water partition coefficient (Wildman–Crippen LogP) is 3.24. The Morgan fingerprint density at radius 2 is 2.08 bits per heavy atom. The Kier molecular flexibility index (Phi) is 5.23. The summed E-state index contributed by atoms with van der Waals surface area (Å²) >= 11 is 5.89. The van der Waals surface area contributed by atoms with Gasteiger partial charge in [0.05, 0.1) is 24.7 Å². The number of urea groups is 1. The first-order valence-corrected chi connectivity index (χ1v) is 8.07. The lowest BCUT2D eigenvalue weighted by Gasteiger charge is -2.09. The van der Waals surface area contributed by atoms with E-state index in [1.54, 1.807) is 43.4 Å². The van der Waals surface area contributed by atoms with E-state index in [1.165, 1.54) is 17.1 Å². The maximum Gasteiger partial charge on any atom is 0.323 e. The second-order valence-corrected chi connectivity index (χ2v) is 5.82. The largest absolute Gasteiger partial charge is 0.467 e. The molecule has 0 saturated carbocycles. The van der Waals surface area contributed by atoms with Crippen LogP contribution in [0.25, 0.3) is 0 Å². The predicted molar refractivity (Wildman–Crippen MR) is 97.2 cm³/mol. The van der Waals surface area contributed by atoms with Crippen LogP contribution in [0.2, 0.25) is 5.02 Å². The van der Waals surface area contributed by atoms with Gasteiger partial charge in [-0.2, -0.15) is 5.10 Å². The number of benzene rings is 1. The molecule has 9 heteroatoms. The fraction of sp³-hybridized carbons (Fsp3) is 0.118. The Hall–Kier alpha value is -3.26. The molecule has 0 fully saturated rings. The molecule has 134 valence electrons. The molecule has 0 aliphatic heterocycles. The number of furan rings is 1. The Morgan fingerprint density at radius 1 is 1.23 bits per heavy atom. The number of carbonyl (C=O) groups is 2. The van der Waals surface area contributed by atoms with Gasteiger partial charge in [-0.1, -0.05) is 17.7 Å². The van der Waals surface area contributed by atoms with Crippen LogP contribution in [-0.4, -0.2) is 21.7 Å². The van der Waals surface area contributed by atoms with Crippen LogP contribution in [0.1, 0.15) is 16.2 Å². The number of nitrogens with one attached hydrogen (secondary N) is 3. The number of hydrogen-bond donors (Lipinski definition) is 3. The molecule has 0 saturated heterocycles. The summed E-state index contributed by atoms with van der Waals surface area (Å²) in [5.41, 5.74) is 1.03. The standard InChI is InChI=1S/C17H16ClN5O3/c1-23-15(16(24)19-9-13-6-3-7-26-13)14(10-20-23)22-17(25)21-12-5-2-4-11(18)8-12/h2-8,10H,9H2,1H3,(H,19,24)(H2,21,22,25). The van der Waals surface area contributed by atoms with Gasteiger partial charge in [-0.15, -0.1) is 0 Å². The number of amides is 3. The van der Waals surface area contributed by atoms with Gasteiger partial charge in [0.2, 0.25) is 0 Å². The molecule has 3 aromatic rings. The van der Waals surface area contributed by atoms with Crippen molar-refractivity contribution in [1.82, 2.24) is 15.1 Å². The van der Waals surface area contributed by atoms with Gasteiger partial charge in [-0.05, 0) is 30.3 Å². The summed E-state index contributed by atoms with van der Waals surface area (Å²) in [5, 5.41) is 12.5. The molecule has 2 aromatic heterocycles. The van der Waals surface area contributed by atoms with Crippen molar-refractivity contribution in [2.75, 3.05) is 10.6 Å². The molecule has 0 atom stereocenters. The molecule has 3 rings (SSSR count). The molecule has 1 aromatic carbocycles. The number of rotatable bonds is 5. The highest BCUT2D eigenvalue weighted by molar-refractivity contribution is 6.30. The first-order valence-electron chi connectivity index (χ1n) is 7.69. The summed E-state index contributed by atoms with van der Waals surface area (Å²) < 4.78 is 6.56. The fourth-order valence-corrected chi connectivity index (χ4v) is 2.50. The highest BCUT2D eigenvalue weighted by Crippen LogP contribution is 2.17. The Morgan fingerprint density at radius 3 is 2.81 bits per heavy atom. The molecule has 3 amide bonds. The fourth-order valence-electron chi connectivity index (χ4n) is 2.31. The van der Waals surface area contributed by atoms with E-state index in [0.29, 0.717) is 16.5 Å². The molecule has 0 spiro atoms. The topological polar surface area (TPSA) is 101 Å². The highest BCUT2D eigenvalue weighted by atomic mass is 35.5. The number of hydrogen-bond acceptors (Lipinski definition) is 4. The zero-order valence-electron chi connectivity index (χ0n) is 13.8. The molecule has 0 bridgehead atoms. The van der Waals surface area contributed by atoms with Crippen LogP contribution in [-0.2, 0) is 13.6 Å². The van der Waals surface area contributed by atoms with Crippen molar-refractivity contribution in [2.45, 2.75) is 6.54 Å². The molecule has 0 unspecified atom stereocenters. The summed E-state index contributed by atoms with van der Waals surface area (Å²) in [6.45, 7) is 0.227. The van der Waals surface area contributed by atoms with Crippen LogP contribution in [0.5, 0.6) is 0 Å². The number of carbonyl (C=O) groups excluding carboxylic acids is 2. The van der Waals surface area contributed by atoms with Crippen LogP contribution in [0.3, 0.4) is 0 Å². The van der Waals surface area contributed by atoms with Gasteiger partial charge in [0, 0.05) is 17.8 Å². The zero-order valence-corrected chi connectivity index (χ0v) is 14.6. The Bertz CT molecular complexity index is 920. The Labute approximate surface area is 154 Å². The average molecular weight is 374 g/mol. The molecular weight excluding hydrogens is 358 g/mol. The smallest absolute Gasteiger partial charge is 0.323 e. The van der Waals surface area contributed by atoms with E-state index >= 15 is 0 Å². The van der Waals surface area contributed by atoms with Crippen LogP contribution < -0.4 is 16.0 Å². The normalized spacial score (nSPS) is 10.4. The van der Waals surface area contributed by atoms with Gasteiger partial charge in [-0.25, -0.2) is 4.79 Å². The third kappa shape index (κ3) is 4.22. The Balaban J connectivity index is 1.66. The molecule has 26 heavy (non-hydrogen) atoms. The summed E-state index contributed by atoms with van der Waals surface area (Å²) in [7, 11) is 1.61. The number of aromatic nitrogens is 2. The van der Waals surface area contributed by atoms with Crippen molar-refractivity contribution in [1.29, 1.82) is 0 Å². The van der Waals surface area contributed by atoms with Crippen molar-refractivity contribution in [3.05, 3.63) is 65.3 Å². The van der Waals surface area contributed by atoms with E-state index < -0.39 is 6.03 Å². The van der Waals surface area contributed by atoms with Crippen LogP contribution >= 0.6 is 11.6 Å². The monoisotopic (exact) mass is 373 g/mol. The number of aryl methyl sites for hydroxylation is 1. The lowest BCUT2D eigenvalue weighted by atomic mass is 10.3. The van der Waals surface area contributed by atoms with Crippen molar-refractivity contribution in [2.24, 2.45) is 7.05 Å². The lowest BCUT2D eigenvalue weighted by molar-refractivity contribution is 0.0939. The van der Waals surface area contributed by atoms with Crippen molar-refractivity contribution < 1.29 is 14.0 Å². The first kappa shape index (κ1) is 17.6. The number of halogens is 1. The van der Waals surface area contributed by atoms with E-state index in [4.69, 9.17) is 16.0 Å². The molecule has 3 N–H and O–H groups in total. The third-order valence-electron chi connectivity index (χ3n) is 3.49. The quantitative estimate of drug-likeness (QED) is 0.639. The van der Waals surface area contributed by atoms with Gasteiger partial charge in [0.1, 0.15) is 11.5 Å². The maximum absolute atomic E-state index is 12.4. The molecule has 0 aliphatic carbocycles. The molecule has 0 radical (unpaired) electrons. The van der Waals surface area contributed by atoms with E-state index in [2.05, 4.69) is 21.0 Å². The summed E-state index contributed by atoms with van der Waals surface area (Å²) in [4.78, 5) is 24.6. The summed E-state index contributed by atoms with van der Waals surface area (Å²) in [5.74, 6) is 0.230. The van der Waals surface area contributed by atoms with Crippen LogP contribution in [0.4, 0.5) is 16.2 Å². The number of anilines is 2. The van der Waals surface area contributed by atoms with Crippen LogP contribution in [0, 0.1) is 0 Å². The molecule has 0 aliphatic rings.